The van der Waals surface area contributed by atoms with E-state index in [1.165, 1.54) is 18.5 Å². The van der Waals surface area contributed by atoms with Gasteiger partial charge in [0.2, 0.25) is 0 Å². The van der Waals surface area contributed by atoms with Crippen LogP contribution in [0.3, 0.4) is 0 Å². The van der Waals surface area contributed by atoms with E-state index < -0.39 is 6.10 Å². The van der Waals surface area contributed by atoms with Crippen LogP contribution in [-0.2, 0) is 11.3 Å². The third-order valence-corrected chi connectivity index (χ3v) is 3.77. The maximum absolute atomic E-state index is 12.9. The Labute approximate surface area is 136 Å². The van der Waals surface area contributed by atoms with Crippen molar-refractivity contribution in [2.75, 3.05) is 6.61 Å². The molecule has 23 heavy (non-hydrogen) atoms. The fraction of sp³-hybridized carbons (Fsp3) is 0.529. The van der Waals surface area contributed by atoms with Crippen LogP contribution in [0.25, 0.3) is 0 Å². The van der Waals surface area contributed by atoms with Crippen molar-refractivity contribution in [1.29, 1.82) is 0 Å². The number of benzene rings is 1. The van der Waals surface area contributed by atoms with Crippen LogP contribution in [0.5, 0.6) is 0 Å². The van der Waals surface area contributed by atoms with E-state index in [1.807, 2.05) is 20.8 Å². The molecule has 126 valence electrons. The lowest BCUT2D eigenvalue weighted by Gasteiger charge is -2.32. The molecular formula is C17H24FN3O2. The summed E-state index contributed by atoms with van der Waals surface area (Å²) in [7, 11) is 0. The molecule has 2 aromatic rings. The molecule has 0 radical (unpaired) electrons. The lowest BCUT2D eigenvalue weighted by Crippen LogP contribution is -2.36. The van der Waals surface area contributed by atoms with Crippen LogP contribution in [0.1, 0.15) is 38.8 Å². The molecule has 6 heteroatoms. The average molecular weight is 321 g/mol. The Bertz CT molecular complexity index is 579. The summed E-state index contributed by atoms with van der Waals surface area (Å²) in [6, 6.07) is 6.04. The number of aromatic nitrogens is 3. The summed E-state index contributed by atoms with van der Waals surface area (Å²) in [6.07, 6.45) is 3.11. The van der Waals surface area contributed by atoms with Gasteiger partial charge in [-0.15, -0.1) is 0 Å². The van der Waals surface area contributed by atoms with E-state index in [9.17, 15) is 9.50 Å². The maximum Gasteiger partial charge on any atom is 0.137 e. The Hall–Kier alpha value is -1.79. The van der Waals surface area contributed by atoms with Gasteiger partial charge in [-0.1, -0.05) is 32.9 Å². The monoisotopic (exact) mass is 321 g/mol. The van der Waals surface area contributed by atoms with Gasteiger partial charge in [-0.2, -0.15) is 5.10 Å². The lowest BCUT2D eigenvalue weighted by atomic mass is 9.84. The minimum Gasteiger partial charge on any atom is -0.390 e. The molecule has 0 fully saturated rings. The molecule has 0 saturated carbocycles. The number of nitrogens with zero attached hydrogens (tertiary/aromatic N) is 3. The molecule has 2 unspecified atom stereocenters. The summed E-state index contributed by atoms with van der Waals surface area (Å²) >= 11 is 0. The minimum atomic E-state index is -0.571. The van der Waals surface area contributed by atoms with E-state index in [4.69, 9.17) is 4.74 Å². The zero-order valence-electron chi connectivity index (χ0n) is 13.8. The zero-order chi connectivity index (χ0) is 16.9. The second-order valence-electron chi connectivity index (χ2n) is 6.72. The predicted octanol–water partition coefficient (Wildman–Crippen LogP) is 2.97. The molecule has 1 aromatic heterocycles. The molecule has 0 aliphatic rings. The van der Waals surface area contributed by atoms with Crippen molar-refractivity contribution in [3.63, 3.8) is 0 Å². The Morgan fingerprint density at radius 1 is 1.26 bits per heavy atom. The number of rotatable bonds is 7. The molecule has 5 nitrogen and oxygen atoms in total. The van der Waals surface area contributed by atoms with Gasteiger partial charge in [0, 0.05) is 6.61 Å². The smallest absolute Gasteiger partial charge is 0.137 e. The number of halogens is 1. The number of hydrogen-bond donors (Lipinski definition) is 1. The van der Waals surface area contributed by atoms with Crippen molar-refractivity contribution in [2.45, 2.75) is 45.9 Å². The highest BCUT2D eigenvalue weighted by Gasteiger charge is 2.31. The molecule has 0 amide bonds. The van der Waals surface area contributed by atoms with E-state index in [0.29, 0.717) is 19.6 Å². The van der Waals surface area contributed by atoms with Gasteiger partial charge in [-0.3, -0.25) is 0 Å². The van der Waals surface area contributed by atoms with Crippen LogP contribution in [0, 0.1) is 11.2 Å². The third kappa shape index (κ3) is 5.11. The second-order valence-corrected chi connectivity index (χ2v) is 6.72. The Morgan fingerprint density at radius 3 is 2.52 bits per heavy atom. The second kappa shape index (κ2) is 7.66. The molecule has 0 bridgehead atoms. The number of hydrogen-bond acceptors (Lipinski definition) is 4. The molecule has 1 heterocycles. The molecular weight excluding hydrogens is 297 g/mol. The standard InChI is InChI=1S/C17H24FN3O2/c1-17(2,3)16(22)15(21-12-19-11-20-21)8-9-23-10-13-4-6-14(18)7-5-13/h4-7,11-12,15-16,22H,8-10H2,1-3H3. The molecule has 0 saturated heterocycles. The van der Waals surface area contributed by atoms with Gasteiger partial charge >= 0.3 is 0 Å². The molecule has 2 atom stereocenters. The maximum atomic E-state index is 12.9. The van der Waals surface area contributed by atoms with Gasteiger partial charge in [-0.25, -0.2) is 14.1 Å². The summed E-state index contributed by atoms with van der Waals surface area (Å²) in [6.45, 7) is 6.84. The summed E-state index contributed by atoms with van der Waals surface area (Å²) < 4.78 is 20.2. The molecule has 2 rings (SSSR count). The summed E-state index contributed by atoms with van der Waals surface area (Å²) in [5.74, 6) is -0.256. The first kappa shape index (κ1) is 17.6. The highest BCUT2D eigenvalue weighted by atomic mass is 19.1. The van der Waals surface area contributed by atoms with Crippen molar-refractivity contribution < 1.29 is 14.2 Å². The molecule has 0 spiro atoms. The fourth-order valence-corrected chi connectivity index (χ4v) is 2.38. The number of aliphatic hydroxyl groups is 1. The van der Waals surface area contributed by atoms with Crippen LogP contribution in [-0.4, -0.2) is 32.6 Å². The summed E-state index contributed by atoms with van der Waals surface area (Å²) in [5.41, 5.74) is 0.646. The van der Waals surface area contributed by atoms with E-state index in [-0.39, 0.29) is 17.3 Å². The Kier molecular flexibility index (Phi) is 5.85. The van der Waals surface area contributed by atoms with Gasteiger partial charge in [0.25, 0.3) is 0 Å². The first-order valence-electron chi connectivity index (χ1n) is 7.72. The SMILES string of the molecule is CC(C)(C)C(O)C(CCOCc1ccc(F)cc1)n1cncn1. The first-order valence-corrected chi connectivity index (χ1v) is 7.72. The van der Waals surface area contributed by atoms with Crippen LogP contribution in [0.4, 0.5) is 4.39 Å². The van der Waals surface area contributed by atoms with Gasteiger partial charge in [-0.05, 0) is 29.5 Å². The van der Waals surface area contributed by atoms with E-state index in [1.54, 1.807) is 23.1 Å². The van der Waals surface area contributed by atoms with Gasteiger partial charge in [0.05, 0.1) is 18.8 Å². The summed E-state index contributed by atoms with van der Waals surface area (Å²) in [4.78, 5) is 3.96. The van der Waals surface area contributed by atoms with Crippen molar-refractivity contribution in [3.05, 3.63) is 48.3 Å². The third-order valence-electron chi connectivity index (χ3n) is 3.77. The topological polar surface area (TPSA) is 60.2 Å². The van der Waals surface area contributed by atoms with Crippen LogP contribution >= 0.6 is 0 Å². The van der Waals surface area contributed by atoms with Crippen LogP contribution < -0.4 is 0 Å². The number of ether oxygens (including phenoxy) is 1. The highest BCUT2D eigenvalue weighted by Crippen LogP contribution is 2.29. The molecule has 1 N–H and O–H groups in total. The van der Waals surface area contributed by atoms with Crippen molar-refractivity contribution in [3.8, 4) is 0 Å². The zero-order valence-corrected chi connectivity index (χ0v) is 13.8. The largest absolute Gasteiger partial charge is 0.390 e. The van der Waals surface area contributed by atoms with Gasteiger partial charge in [0.15, 0.2) is 0 Å². The quantitative estimate of drug-likeness (QED) is 0.797. The molecule has 0 aliphatic carbocycles. The van der Waals surface area contributed by atoms with E-state index in [0.717, 1.165) is 5.56 Å². The fourth-order valence-electron chi connectivity index (χ4n) is 2.38. The predicted molar refractivity (Wildman–Crippen MR) is 85.2 cm³/mol. The number of aliphatic hydroxyl groups excluding tert-OH is 1. The van der Waals surface area contributed by atoms with Crippen molar-refractivity contribution in [1.82, 2.24) is 14.8 Å². The lowest BCUT2D eigenvalue weighted by molar-refractivity contribution is -0.00388. The minimum absolute atomic E-state index is 0.203. The normalized spacial score (nSPS) is 14.7. The average Bonchev–Trinajstić information content (AvgIpc) is 3.01. The Morgan fingerprint density at radius 2 is 1.96 bits per heavy atom. The summed E-state index contributed by atoms with van der Waals surface area (Å²) in [5, 5.41) is 14.7. The van der Waals surface area contributed by atoms with Gasteiger partial charge in [0.1, 0.15) is 18.5 Å². The molecule has 1 aromatic carbocycles. The highest BCUT2D eigenvalue weighted by molar-refractivity contribution is 5.14. The Balaban J connectivity index is 1.90. The molecule has 0 aliphatic heterocycles. The van der Waals surface area contributed by atoms with Crippen molar-refractivity contribution >= 4 is 0 Å². The van der Waals surface area contributed by atoms with Crippen LogP contribution in [0.15, 0.2) is 36.9 Å². The van der Waals surface area contributed by atoms with Gasteiger partial charge < -0.3 is 9.84 Å². The van der Waals surface area contributed by atoms with Crippen molar-refractivity contribution in [2.24, 2.45) is 5.41 Å². The van der Waals surface area contributed by atoms with E-state index in [2.05, 4.69) is 10.1 Å². The van der Waals surface area contributed by atoms with E-state index >= 15 is 0 Å². The first-order chi connectivity index (χ1) is 10.9. The van der Waals surface area contributed by atoms with Crippen LogP contribution in [0.2, 0.25) is 0 Å².